The fourth-order valence-corrected chi connectivity index (χ4v) is 3.69. The summed E-state index contributed by atoms with van der Waals surface area (Å²) < 4.78 is 0. The van der Waals surface area contributed by atoms with Crippen molar-refractivity contribution in [1.29, 1.82) is 0 Å². The zero-order valence-corrected chi connectivity index (χ0v) is 12.0. The lowest BCUT2D eigenvalue weighted by molar-refractivity contribution is -0.125. The van der Waals surface area contributed by atoms with Gasteiger partial charge in [0, 0.05) is 47.8 Å². The van der Waals surface area contributed by atoms with Crippen molar-refractivity contribution >= 4 is 29.0 Å². The molecular formula is C13H15N3OS2. The van der Waals surface area contributed by atoms with Gasteiger partial charge >= 0.3 is 0 Å². The highest BCUT2D eigenvalue weighted by atomic mass is 32.2. The molecule has 1 aromatic heterocycles. The molecule has 1 saturated heterocycles. The molecule has 0 radical (unpaired) electrons. The van der Waals surface area contributed by atoms with Crippen molar-refractivity contribution in [3.63, 3.8) is 0 Å². The Bertz CT molecular complexity index is 510. The molecule has 4 nitrogen and oxygen atoms in total. The Balaban J connectivity index is 1.57. The van der Waals surface area contributed by atoms with E-state index < -0.39 is 0 Å². The molecule has 0 spiro atoms. The minimum atomic E-state index is 0.104. The largest absolute Gasteiger partial charge is 0.381 e. The molecule has 0 saturated carbocycles. The van der Waals surface area contributed by atoms with E-state index in [9.17, 15) is 4.79 Å². The predicted octanol–water partition coefficient (Wildman–Crippen LogP) is 2.15. The summed E-state index contributed by atoms with van der Waals surface area (Å²) in [5.74, 6) is 1.41. The smallest absolute Gasteiger partial charge is 0.246 e. The minimum Gasteiger partial charge on any atom is -0.381 e. The van der Waals surface area contributed by atoms with Crippen LogP contribution in [-0.4, -0.2) is 34.8 Å². The molecule has 1 amide bonds. The topological polar surface area (TPSA) is 45.2 Å². The molecule has 100 valence electrons. The Hall–Kier alpha value is -1.27. The van der Waals surface area contributed by atoms with E-state index in [-0.39, 0.29) is 5.91 Å². The Morgan fingerprint density at radius 1 is 1.58 bits per heavy atom. The lowest BCUT2D eigenvalue weighted by atomic mass is 10.1. The van der Waals surface area contributed by atoms with Crippen LogP contribution in [-0.2, 0) is 4.79 Å². The normalized spacial score (nSPS) is 22.8. The predicted molar refractivity (Wildman–Crippen MR) is 78.9 cm³/mol. The van der Waals surface area contributed by atoms with E-state index in [4.69, 9.17) is 0 Å². The lowest BCUT2D eigenvalue weighted by Crippen LogP contribution is -2.26. The third-order valence-electron chi connectivity index (χ3n) is 3.26. The second kappa shape index (κ2) is 5.79. The van der Waals surface area contributed by atoms with Gasteiger partial charge in [-0.05, 0) is 12.5 Å². The second-order valence-electron chi connectivity index (χ2n) is 4.51. The number of carbonyl (C=O) groups is 1. The van der Waals surface area contributed by atoms with Crippen molar-refractivity contribution in [3.05, 3.63) is 39.8 Å². The highest BCUT2D eigenvalue weighted by Crippen LogP contribution is 2.28. The number of nitrogens with zero attached hydrogens (tertiary/aromatic N) is 2. The molecule has 3 rings (SSSR count). The van der Waals surface area contributed by atoms with Gasteiger partial charge < -0.3 is 10.2 Å². The number of likely N-dealkylation sites (tertiary alicyclic amines) is 1. The van der Waals surface area contributed by atoms with E-state index in [0.29, 0.717) is 5.92 Å². The maximum absolute atomic E-state index is 12.1. The molecule has 3 heterocycles. The fraction of sp³-hybridized carbons (Fsp3) is 0.385. The van der Waals surface area contributed by atoms with Gasteiger partial charge in [-0.1, -0.05) is 0 Å². The highest BCUT2D eigenvalue weighted by molar-refractivity contribution is 8.03. The molecular weight excluding hydrogens is 278 g/mol. The van der Waals surface area contributed by atoms with Crippen LogP contribution < -0.4 is 5.32 Å². The van der Waals surface area contributed by atoms with Crippen molar-refractivity contribution in [2.24, 2.45) is 0 Å². The number of amides is 1. The summed E-state index contributed by atoms with van der Waals surface area (Å²) in [6, 6.07) is 0. The minimum absolute atomic E-state index is 0.104. The van der Waals surface area contributed by atoms with Crippen LogP contribution in [0.2, 0.25) is 0 Å². The Kier molecular flexibility index (Phi) is 3.89. The summed E-state index contributed by atoms with van der Waals surface area (Å²) in [7, 11) is 0. The summed E-state index contributed by atoms with van der Waals surface area (Å²) in [5.41, 5.74) is 0. The molecule has 19 heavy (non-hydrogen) atoms. The summed E-state index contributed by atoms with van der Waals surface area (Å²) in [6.45, 7) is 1.62. The van der Waals surface area contributed by atoms with E-state index in [0.717, 1.165) is 35.3 Å². The molecule has 1 aromatic rings. The van der Waals surface area contributed by atoms with Gasteiger partial charge in [0.2, 0.25) is 5.91 Å². The maximum Gasteiger partial charge on any atom is 0.246 e. The standard InChI is InChI=1S/C13H15N3OS2/c17-12(2-1-11-7-14-9-19-11)16-5-3-10(8-16)13-15-4-6-18-13/h1-2,4,6-7,10,14H,3,5,8-9H2/b2-1+. The Morgan fingerprint density at radius 3 is 3.26 bits per heavy atom. The zero-order valence-electron chi connectivity index (χ0n) is 10.4. The third-order valence-corrected chi connectivity index (χ3v) is 5.09. The number of thioether (sulfide) groups is 1. The van der Waals surface area contributed by atoms with E-state index in [1.165, 1.54) is 0 Å². The zero-order chi connectivity index (χ0) is 13.1. The van der Waals surface area contributed by atoms with E-state index in [2.05, 4.69) is 10.3 Å². The molecule has 2 aliphatic rings. The van der Waals surface area contributed by atoms with Gasteiger partial charge in [-0.2, -0.15) is 0 Å². The fourth-order valence-electron chi connectivity index (χ4n) is 2.26. The number of nitrogens with one attached hydrogen (secondary N) is 1. The van der Waals surface area contributed by atoms with Gasteiger partial charge in [0.05, 0.1) is 10.9 Å². The molecule has 6 heteroatoms. The first-order valence-corrected chi connectivity index (χ1v) is 8.12. The number of aromatic nitrogens is 1. The first kappa shape index (κ1) is 12.7. The average Bonchev–Trinajstić information content (AvgIpc) is 3.14. The maximum atomic E-state index is 12.1. The summed E-state index contributed by atoms with van der Waals surface area (Å²) >= 11 is 3.39. The number of rotatable bonds is 3. The highest BCUT2D eigenvalue weighted by Gasteiger charge is 2.27. The molecule has 1 N–H and O–H groups in total. The van der Waals surface area contributed by atoms with Gasteiger partial charge in [0.15, 0.2) is 0 Å². The van der Waals surface area contributed by atoms with Crippen molar-refractivity contribution in [2.75, 3.05) is 19.0 Å². The van der Waals surface area contributed by atoms with Crippen LogP contribution >= 0.6 is 23.1 Å². The van der Waals surface area contributed by atoms with Crippen molar-refractivity contribution < 1.29 is 4.79 Å². The van der Waals surface area contributed by atoms with Crippen LogP contribution in [0.3, 0.4) is 0 Å². The van der Waals surface area contributed by atoms with Crippen LogP contribution in [0.5, 0.6) is 0 Å². The number of hydrogen-bond acceptors (Lipinski definition) is 5. The SMILES string of the molecule is O=C(/C=C/C1=CNCS1)N1CCC(c2nccs2)C1. The quantitative estimate of drug-likeness (QED) is 0.867. The molecule has 0 aliphatic carbocycles. The average molecular weight is 293 g/mol. The van der Waals surface area contributed by atoms with E-state index in [1.54, 1.807) is 29.2 Å². The summed E-state index contributed by atoms with van der Waals surface area (Å²) in [5, 5.41) is 6.26. The molecule has 2 aliphatic heterocycles. The lowest BCUT2D eigenvalue weighted by Gasteiger charge is -2.13. The molecule has 0 bridgehead atoms. The summed E-state index contributed by atoms with van der Waals surface area (Å²) in [6.07, 6.45) is 8.36. The Labute approximate surface area is 120 Å². The number of thiazole rings is 1. The van der Waals surface area contributed by atoms with E-state index >= 15 is 0 Å². The summed E-state index contributed by atoms with van der Waals surface area (Å²) in [4.78, 5) is 19.5. The molecule has 0 aromatic carbocycles. The number of carbonyl (C=O) groups excluding carboxylic acids is 1. The van der Waals surface area contributed by atoms with E-state index in [1.807, 2.05) is 28.8 Å². The second-order valence-corrected chi connectivity index (χ2v) is 6.49. The van der Waals surface area contributed by atoms with Gasteiger partial charge in [0.25, 0.3) is 0 Å². The van der Waals surface area contributed by atoms with Gasteiger partial charge in [-0.25, -0.2) is 4.98 Å². The van der Waals surface area contributed by atoms with Crippen LogP contribution in [0.1, 0.15) is 17.3 Å². The van der Waals surface area contributed by atoms with Crippen molar-refractivity contribution in [2.45, 2.75) is 12.3 Å². The number of hydrogen-bond donors (Lipinski definition) is 1. The third kappa shape index (κ3) is 3.01. The van der Waals surface area contributed by atoms with Crippen LogP contribution in [0.25, 0.3) is 0 Å². The van der Waals surface area contributed by atoms with Crippen LogP contribution in [0.15, 0.2) is 34.8 Å². The van der Waals surface area contributed by atoms with Crippen LogP contribution in [0, 0.1) is 0 Å². The van der Waals surface area contributed by atoms with Crippen LogP contribution in [0.4, 0.5) is 0 Å². The van der Waals surface area contributed by atoms with Crippen molar-refractivity contribution in [1.82, 2.24) is 15.2 Å². The first-order chi connectivity index (χ1) is 9.33. The monoisotopic (exact) mass is 293 g/mol. The Morgan fingerprint density at radius 2 is 2.53 bits per heavy atom. The first-order valence-electron chi connectivity index (χ1n) is 6.25. The van der Waals surface area contributed by atoms with Crippen molar-refractivity contribution in [3.8, 4) is 0 Å². The van der Waals surface area contributed by atoms with Gasteiger partial charge in [-0.15, -0.1) is 23.1 Å². The van der Waals surface area contributed by atoms with Gasteiger partial charge in [0.1, 0.15) is 0 Å². The molecule has 1 unspecified atom stereocenters. The molecule has 1 fully saturated rings. The van der Waals surface area contributed by atoms with Gasteiger partial charge in [-0.3, -0.25) is 4.79 Å². The molecule has 1 atom stereocenters. The number of allylic oxidation sites excluding steroid dienone is 1.